The zero-order valence-corrected chi connectivity index (χ0v) is 12.3. The first-order chi connectivity index (χ1) is 10.8. The van der Waals surface area contributed by atoms with Crippen molar-refractivity contribution in [2.75, 3.05) is 5.32 Å². The van der Waals surface area contributed by atoms with E-state index in [0.717, 1.165) is 16.6 Å². The molecule has 22 heavy (non-hydrogen) atoms. The molecule has 0 aliphatic rings. The van der Waals surface area contributed by atoms with Crippen LogP contribution in [0.2, 0.25) is 0 Å². The third kappa shape index (κ3) is 2.67. The number of fused-ring (bicyclic) bond motifs is 1. The molecule has 0 radical (unpaired) electrons. The predicted molar refractivity (Wildman–Crippen MR) is 88.0 cm³/mol. The monoisotopic (exact) mass is 302 g/mol. The number of allylic oxidation sites excluding steroid dienone is 1. The van der Waals surface area contributed by atoms with Gasteiger partial charge in [-0.15, -0.1) is 11.3 Å². The first-order valence-electron chi connectivity index (χ1n) is 6.52. The maximum absolute atomic E-state index is 8.71. The Kier molecular flexibility index (Phi) is 3.82. The second-order valence-corrected chi connectivity index (χ2v) is 5.35. The molecule has 0 spiro atoms. The molecule has 3 rings (SSSR count). The van der Waals surface area contributed by atoms with Gasteiger partial charge in [0.05, 0.1) is 5.69 Å². The highest BCUT2D eigenvalue weighted by molar-refractivity contribution is 7.14. The van der Waals surface area contributed by atoms with Crippen molar-refractivity contribution in [3.05, 3.63) is 59.6 Å². The van der Waals surface area contributed by atoms with Gasteiger partial charge in [-0.3, -0.25) is 0 Å². The first-order valence-corrected chi connectivity index (χ1v) is 7.40. The number of nitriles is 2. The van der Waals surface area contributed by atoms with Crippen molar-refractivity contribution in [2.24, 2.45) is 0 Å². The molecule has 0 amide bonds. The molecule has 0 fully saturated rings. The van der Waals surface area contributed by atoms with Gasteiger partial charge in [0.15, 0.2) is 5.13 Å². The third-order valence-corrected chi connectivity index (χ3v) is 3.92. The largest absolute Gasteiger partial charge is 0.336 e. The van der Waals surface area contributed by atoms with E-state index in [1.54, 1.807) is 12.1 Å². The van der Waals surface area contributed by atoms with Gasteiger partial charge < -0.3 is 5.32 Å². The molecule has 0 saturated carbocycles. The fourth-order valence-corrected chi connectivity index (χ4v) is 2.82. The quantitative estimate of drug-likeness (QED) is 0.732. The molecule has 0 bridgehead atoms. The van der Waals surface area contributed by atoms with Gasteiger partial charge >= 0.3 is 0 Å². The molecular formula is C17H10N4S. The van der Waals surface area contributed by atoms with E-state index in [4.69, 9.17) is 10.5 Å². The molecule has 104 valence electrons. The summed E-state index contributed by atoms with van der Waals surface area (Å²) in [6, 6.07) is 17.9. The van der Waals surface area contributed by atoms with Gasteiger partial charge in [0, 0.05) is 17.1 Å². The molecule has 0 atom stereocenters. The predicted octanol–water partition coefficient (Wildman–Crippen LogP) is 4.31. The maximum atomic E-state index is 8.71. The number of aromatic nitrogens is 1. The minimum atomic E-state index is 0.0157. The molecule has 0 saturated heterocycles. The Balaban J connectivity index is 1.95. The van der Waals surface area contributed by atoms with Crippen LogP contribution in [0.15, 0.2) is 59.6 Å². The van der Waals surface area contributed by atoms with Crippen molar-refractivity contribution in [1.29, 1.82) is 10.5 Å². The fourth-order valence-electron chi connectivity index (χ4n) is 2.14. The highest BCUT2D eigenvalue weighted by Crippen LogP contribution is 2.30. The Labute approximate surface area is 131 Å². The zero-order chi connectivity index (χ0) is 15.4. The lowest BCUT2D eigenvalue weighted by atomic mass is 10.0. The number of hydrogen-bond acceptors (Lipinski definition) is 5. The number of hydrogen-bond donors (Lipinski definition) is 1. The fraction of sp³-hybridized carbons (Fsp3) is 0. The molecule has 1 N–H and O–H groups in total. The topological polar surface area (TPSA) is 72.5 Å². The highest BCUT2D eigenvalue weighted by Gasteiger charge is 2.07. The minimum absolute atomic E-state index is 0.0157. The van der Waals surface area contributed by atoms with Crippen LogP contribution in [-0.2, 0) is 0 Å². The van der Waals surface area contributed by atoms with Crippen LogP contribution in [0, 0.1) is 22.7 Å². The van der Waals surface area contributed by atoms with Gasteiger partial charge in [-0.1, -0.05) is 42.5 Å². The Morgan fingerprint density at radius 2 is 1.86 bits per heavy atom. The minimum Gasteiger partial charge on any atom is -0.336 e. The van der Waals surface area contributed by atoms with E-state index in [-0.39, 0.29) is 5.57 Å². The second-order valence-electron chi connectivity index (χ2n) is 4.49. The Morgan fingerprint density at radius 3 is 2.68 bits per heavy atom. The van der Waals surface area contributed by atoms with Crippen LogP contribution >= 0.6 is 11.3 Å². The van der Waals surface area contributed by atoms with E-state index in [9.17, 15) is 0 Å². The Hall–Kier alpha value is -3.15. The third-order valence-electron chi connectivity index (χ3n) is 3.15. The number of thiazole rings is 1. The lowest BCUT2D eigenvalue weighted by molar-refractivity contribution is 1.38. The molecule has 1 aromatic heterocycles. The van der Waals surface area contributed by atoms with Crippen molar-refractivity contribution in [2.45, 2.75) is 0 Å². The summed E-state index contributed by atoms with van der Waals surface area (Å²) in [7, 11) is 0. The first kappa shape index (κ1) is 13.8. The zero-order valence-electron chi connectivity index (χ0n) is 11.4. The molecule has 0 unspecified atom stereocenters. The van der Waals surface area contributed by atoms with Crippen LogP contribution in [0.3, 0.4) is 0 Å². The molecule has 5 heteroatoms. The number of nitrogens with one attached hydrogen (secondary N) is 1. The van der Waals surface area contributed by atoms with Crippen molar-refractivity contribution in [3.8, 4) is 23.4 Å². The summed E-state index contributed by atoms with van der Waals surface area (Å²) in [5.41, 5.74) is 1.95. The van der Waals surface area contributed by atoms with Gasteiger partial charge in [0.1, 0.15) is 17.7 Å². The SMILES string of the molecule is N#CC(C#N)=CNc1nc(-c2cccc3ccccc23)cs1. The summed E-state index contributed by atoms with van der Waals surface area (Å²) in [4.78, 5) is 4.52. The average molecular weight is 302 g/mol. The molecule has 0 aliphatic carbocycles. The van der Waals surface area contributed by atoms with Crippen LogP contribution < -0.4 is 5.32 Å². The normalized spacial score (nSPS) is 9.73. The molecule has 2 aromatic carbocycles. The van der Waals surface area contributed by atoms with E-state index in [1.165, 1.54) is 22.9 Å². The van der Waals surface area contributed by atoms with Crippen molar-refractivity contribution >= 4 is 27.2 Å². The van der Waals surface area contributed by atoms with E-state index < -0.39 is 0 Å². The number of anilines is 1. The van der Waals surface area contributed by atoms with Crippen LogP contribution in [-0.4, -0.2) is 4.98 Å². The van der Waals surface area contributed by atoms with Gasteiger partial charge in [-0.2, -0.15) is 10.5 Å². The van der Waals surface area contributed by atoms with Crippen LogP contribution in [0.5, 0.6) is 0 Å². The summed E-state index contributed by atoms with van der Waals surface area (Å²) in [5.74, 6) is 0. The Morgan fingerprint density at radius 1 is 1.09 bits per heavy atom. The van der Waals surface area contributed by atoms with E-state index in [2.05, 4.69) is 28.5 Å². The van der Waals surface area contributed by atoms with Gasteiger partial charge in [-0.25, -0.2) is 4.98 Å². The van der Waals surface area contributed by atoms with Crippen LogP contribution in [0.25, 0.3) is 22.0 Å². The van der Waals surface area contributed by atoms with E-state index in [1.807, 2.05) is 29.6 Å². The number of rotatable bonds is 3. The molecule has 0 aliphatic heterocycles. The van der Waals surface area contributed by atoms with Crippen molar-refractivity contribution < 1.29 is 0 Å². The molecule has 3 aromatic rings. The number of nitrogens with zero attached hydrogens (tertiary/aromatic N) is 3. The average Bonchev–Trinajstić information content (AvgIpc) is 3.04. The van der Waals surface area contributed by atoms with Crippen molar-refractivity contribution in [1.82, 2.24) is 4.98 Å². The molecular weight excluding hydrogens is 292 g/mol. The van der Waals surface area contributed by atoms with Gasteiger partial charge in [0.25, 0.3) is 0 Å². The summed E-state index contributed by atoms with van der Waals surface area (Å²) in [5, 5.41) is 25.2. The van der Waals surface area contributed by atoms with Crippen LogP contribution in [0.4, 0.5) is 5.13 Å². The van der Waals surface area contributed by atoms with Gasteiger partial charge in [0.2, 0.25) is 0 Å². The molecule has 4 nitrogen and oxygen atoms in total. The van der Waals surface area contributed by atoms with Crippen molar-refractivity contribution in [3.63, 3.8) is 0 Å². The summed E-state index contributed by atoms with van der Waals surface area (Å²) in [6.45, 7) is 0. The smallest absolute Gasteiger partial charge is 0.187 e. The van der Waals surface area contributed by atoms with E-state index >= 15 is 0 Å². The number of benzene rings is 2. The van der Waals surface area contributed by atoms with Gasteiger partial charge in [-0.05, 0) is 10.8 Å². The lowest BCUT2D eigenvalue weighted by Crippen LogP contribution is -1.89. The lowest BCUT2D eigenvalue weighted by Gasteiger charge is -2.03. The highest BCUT2D eigenvalue weighted by atomic mass is 32.1. The summed E-state index contributed by atoms with van der Waals surface area (Å²) >= 11 is 1.43. The summed E-state index contributed by atoms with van der Waals surface area (Å²) < 4.78 is 0. The maximum Gasteiger partial charge on any atom is 0.187 e. The standard InChI is InChI=1S/C17H10N4S/c18-8-12(9-19)10-20-17-21-16(11-22-17)15-7-3-5-13-4-1-2-6-14(13)15/h1-7,10-11H,(H,20,21). The Bertz CT molecular complexity index is 920. The summed E-state index contributed by atoms with van der Waals surface area (Å²) in [6.07, 6.45) is 1.37. The second kappa shape index (κ2) is 6.09. The van der Waals surface area contributed by atoms with E-state index in [0.29, 0.717) is 5.13 Å². The molecule has 1 heterocycles. The van der Waals surface area contributed by atoms with Crippen LogP contribution in [0.1, 0.15) is 0 Å².